The minimum absolute atomic E-state index is 0.213. The van der Waals surface area contributed by atoms with Gasteiger partial charge in [0.05, 0.1) is 19.5 Å². The van der Waals surface area contributed by atoms with Gasteiger partial charge in [0.25, 0.3) is 0 Å². The Bertz CT molecular complexity index is 374. The van der Waals surface area contributed by atoms with Crippen LogP contribution in [-0.2, 0) is 9.47 Å². The van der Waals surface area contributed by atoms with Crippen molar-refractivity contribution in [3.8, 4) is 0 Å². The summed E-state index contributed by atoms with van der Waals surface area (Å²) >= 11 is 0. The first-order valence-corrected chi connectivity index (χ1v) is 5.54. The molecule has 1 aliphatic rings. The number of methoxy groups -OCH3 is 1. The second-order valence-corrected chi connectivity index (χ2v) is 3.81. The fourth-order valence-electron chi connectivity index (χ4n) is 1.66. The highest BCUT2D eigenvalue weighted by molar-refractivity contribution is 5.86. The van der Waals surface area contributed by atoms with Gasteiger partial charge in [-0.3, -0.25) is 0 Å². The van der Waals surface area contributed by atoms with E-state index < -0.39 is 5.97 Å². The Morgan fingerprint density at radius 1 is 1.41 bits per heavy atom. The lowest BCUT2D eigenvalue weighted by Crippen LogP contribution is -2.28. The number of carbonyl (C=O) groups excluding carboxylic acids is 1. The molecular weight excluding hydrogens is 222 g/mol. The number of anilines is 1. The third kappa shape index (κ3) is 3.13. The quantitative estimate of drug-likeness (QED) is 0.786. The van der Waals surface area contributed by atoms with E-state index in [1.807, 2.05) is 0 Å². The number of nitrogens with one attached hydrogen (secondary N) is 1. The average molecular weight is 237 g/mol. The van der Waals surface area contributed by atoms with Crippen LogP contribution in [0.25, 0.3) is 0 Å². The van der Waals surface area contributed by atoms with Gasteiger partial charge in [-0.05, 0) is 12.8 Å². The maximum Gasteiger partial charge on any atom is 0.358 e. The van der Waals surface area contributed by atoms with E-state index in [2.05, 4.69) is 20.0 Å². The van der Waals surface area contributed by atoms with Gasteiger partial charge in [0, 0.05) is 19.3 Å². The SMILES string of the molecule is COC(=O)c1cnc(NC2CCOCC2)cn1. The zero-order valence-corrected chi connectivity index (χ0v) is 9.68. The van der Waals surface area contributed by atoms with Crippen LogP contribution >= 0.6 is 0 Å². The van der Waals surface area contributed by atoms with E-state index >= 15 is 0 Å². The molecule has 92 valence electrons. The van der Waals surface area contributed by atoms with Gasteiger partial charge in [0.1, 0.15) is 5.82 Å². The van der Waals surface area contributed by atoms with Crippen LogP contribution in [0.4, 0.5) is 5.82 Å². The first-order chi connectivity index (χ1) is 8.29. The largest absolute Gasteiger partial charge is 0.464 e. The number of carbonyl (C=O) groups is 1. The third-order valence-electron chi connectivity index (χ3n) is 2.62. The Hall–Kier alpha value is -1.69. The predicted octanol–water partition coefficient (Wildman–Crippen LogP) is 0.854. The molecule has 0 spiro atoms. The van der Waals surface area contributed by atoms with Gasteiger partial charge >= 0.3 is 5.97 Å². The zero-order chi connectivity index (χ0) is 12.1. The summed E-state index contributed by atoms with van der Waals surface area (Å²) in [4.78, 5) is 19.3. The molecule has 0 atom stereocenters. The molecule has 17 heavy (non-hydrogen) atoms. The second-order valence-electron chi connectivity index (χ2n) is 3.81. The molecule has 1 aromatic rings. The van der Waals surface area contributed by atoms with Gasteiger partial charge in [-0.1, -0.05) is 0 Å². The van der Waals surface area contributed by atoms with Crippen LogP contribution in [0.2, 0.25) is 0 Å². The summed E-state index contributed by atoms with van der Waals surface area (Å²) in [5, 5.41) is 3.26. The maximum absolute atomic E-state index is 11.2. The molecule has 0 aromatic carbocycles. The molecule has 0 bridgehead atoms. The average Bonchev–Trinajstić information content (AvgIpc) is 2.40. The second kappa shape index (κ2) is 5.58. The van der Waals surface area contributed by atoms with E-state index in [1.54, 1.807) is 6.20 Å². The van der Waals surface area contributed by atoms with E-state index in [0.29, 0.717) is 11.9 Å². The van der Waals surface area contributed by atoms with Gasteiger partial charge in [0.2, 0.25) is 0 Å². The minimum atomic E-state index is -0.477. The van der Waals surface area contributed by atoms with Crippen molar-refractivity contribution < 1.29 is 14.3 Å². The van der Waals surface area contributed by atoms with Gasteiger partial charge < -0.3 is 14.8 Å². The Labute approximate surface area is 99.4 Å². The highest BCUT2D eigenvalue weighted by Crippen LogP contribution is 2.12. The topological polar surface area (TPSA) is 73.3 Å². The van der Waals surface area contributed by atoms with Crippen molar-refractivity contribution in [2.75, 3.05) is 25.6 Å². The van der Waals surface area contributed by atoms with Crippen molar-refractivity contribution in [1.29, 1.82) is 0 Å². The van der Waals surface area contributed by atoms with Crippen LogP contribution in [0.5, 0.6) is 0 Å². The van der Waals surface area contributed by atoms with Crippen molar-refractivity contribution in [3.63, 3.8) is 0 Å². The molecule has 1 saturated heterocycles. The monoisotopic (exact) mass is 237 g/mol. The molecule has 2 rings (SSSR count). The highest BCUT2D eigenvalue weighted by Gasteiger charge is 2.14. The van der Waals surface area contributed by atoms with Crippen LogP contribution in [0, 0.1) is 0 Å². The predicted molar refractivity (Wildman–Crippen MR) is 60.8 cm³/mol. The normalized spacial score (nSPS) is 16.5. The van der Waals surface area contributed by atoms with Gasteiger partial charge in [-0.15, -0.1) is 0 Å². The fourth-order valence-corrected chi connectivity index (χ4v) is 1.66. The Morgan fingerprint density at radius 3 is 2.76 bits per heavy atom. The molecule has 0 aliphatic carbocycles. The molecule has 1 aliphatic heterocycles. The standard InChI is InChI=1S/C11H15N3O3/c1-16-11(15)9-6-13-10(7-12-9)14-8-2-4-17-5-3-8/h6-8H,2-5H2,1H3,(H,13,14). The van der Waals surface area contributed by atoms with Gasteiger partial charge in [0.15, 0.2) is 5.69 Å². The Kier molecular flexibility index (Phi) is 3.87. The summed E-state index contributed by atoms with van der Waals surface area (Å²) in [5.74, 6) is 0.194. The maximum atomic E-state index is 11.2. The van der Waals surface area contributed by atoms with Crippen LogP contribution in [0.15, 0.2) is 12.4 Å². The molecular formula is C11H15N3O3. The Morgan fingerprint density at radius 2 is 2.18 bits per heavy atom. The molecule has 0 unspecified atom stereocenters. The number of ether oxygens (including phenoxy) is 2. The number of rotatable bonds is 3. The van der Waals surface area contributed by atoms with Crippen molar-refractivity contribution in [2.45, 2.75) is 18.9 Å². The summed E-state index contributed by atoms with van der Waals surface area (Å²) in [6.07, 6.45) is 4.87. The molecule has 6 heteroatoms. The van der Waals surface area contributed by atoms with E-state index in [-0.39, 0.29) is 5.69 Å². The summed E-state index contributed by atoms with van der Waals surface area (Å²) in [6, 6.07) is 0.363. The van der Waals surface area contributed by atoms with E-state index in [9.17, 15) is 4.79 Å². The van der Waals surface area contributed by atoms with Crippen molar-refractivity contribution in [1.82, 2.24) is 9.97 Å². The van der Waals surface area contributed by atoms with E-state index in [0.717, 1.165) is 26.1 Å². The summed E-state index contributed by atoms with van der Waals surface area (Å²) in [7, 11) is 1.32. The van der Waals surface area contributed by atoms with Crippen LogP contribution in [0.3, 0.4) is 0 Å². The number of esters is 1. The minimum Gasteiger partial charge on any atom is -0.464 e. The highest BCUT2D eigenvalue weighted by atomic mass is 16.5. The van der Waals surface area contributed by atoms with Crippen LogP contribution in [0.1, 0.15) is 23.3 Å². The Balaban J connectivity index is 1.95. The fraction of sp³-hybridized carbons (Fsp3) is 0.545. The van der Waals surface area contributed by atoms with Crippen LogP contribution in [-0.4, -0.2) is 42.3 Å². The summed E-state index contributed by atoms with van der Waals surface area (Å²) in [6.45, 7) is 1.54. The lowest BCUT2D eigenvalue weighted by Gasteiger charge is -2.23. The van der Waals surface area contributed by atoms with Crippen molar-refractivity contribution in [2.24, 2.45) is 0 Å². The molecule has 0 saturated carbocycles. The summed E-state index contributed by atoms with van der Waals surface area (Å²) in [5.41, 5.74) is 0.213. The number of aromatic nitrogens is 2. The molecule has 6 nitrogen and oxygen atoms in total. The first kappa shape index (κ1) is 11.8. The van der Waals surface area contributed by atoms with E-state index in [1.165, 1.54) is 13.3 Å². The molecule has 1 fully saturated rings. The zero-order valence-electron chi connectivity index (χ0n) is 9.68. The van der Waals surface area contributed by atoms with Gasteiger partial charge in [-0.2, -0.15) is 0 Å². The molecule has 1 aromatic heterocycles. The molecule has 0 amide bonds. The lowest BCUT2D eigenvalue weighted by molar-refractivity contribution is 0.0593. The van der Waals surface area contributed by atoms with E-state index in [4.69, 9.17) is 4.74 Å². The summed E-state index contributed by atoms with van der Waals surface area (Å²) < 4.78 is 9.81. The van der Waals surface area contributed by atoms with Crippen molar-refractivity contribution in [3.05, 3.63) is 18.1 Å². The lowest BCUT2D eigenvalue weighted by atomic mass is 10.1. The third-order valence-corrected chi connectivity index (χ3v) is 2.62. The number of nitrogens with zero attached hydrogens (tertiary/aromatic N) is 2. The van der Waals surface area contributed by atoms with Gasteiger partial charge in [-0.25, -0.2) is 14.8 Å². The van der Waals surface area contributed by atoms with Crippen molar-refractivity contribution >= 4 is 11.8 Å². The first-order valence-electron chi connectivity index (χ1n) is 5.54. The van der Waals surface area contributed by atoms with Crippen LogP contribution < -0.4 is 5.32 Å². The number of hydrogen-bond acceptors (Lipinski definition) is 6. The molecule has 0 radical (unpaired) electrons. The smallest absolute Gasteiger partial charge is 0.358 e. The molecule has 1 N–H and O–H groups in total. The molecule has 2 heterocycles. The number of hydrogen-bond donors (Lipinski definition) is 1.